The molecule has 1 rings (SSSR count). The number of benzene rings is 1. The topological polar surface area (TPSA) is 75.4 Å². The van der Waals surface area contributed by atoms with Crippen molar-refractivity contribution >= 4 is 15.9 Å². The van der Waals surface area contributed by atoms with Gasteiger partial charge in [0.2, 0.25) is 0 Å². The van der Waals surface area contributed by atoms with Gasteiger partial charge in [-0.2, -0.15) is 13.1 Å². The summed E-state index contributed by atoms with van der Waals surface area (Å²) in [6.07, 6.45) is 0.621. The summed E-state index contributed by atoms with van der Waals surface area (Å²) < 4.78 is 28.8. The fourth-order valence-electron chi connectivity index (χ4n) is 1.68. The van der Waals surface area contributed by atoms with Crippen molar-refractivity contribution < 1.29 is 8.42 Å². The average molecular weight is 299 g/mol. The normalized spacial score (nSPS) is 11.8. The Hall–Kier alpha value is -1.11. The lowest BCUT2D eigenvalue weighted by atomic mass is 10.2. The van der Waals surface area contributed by atoms with Crippen LogP contribution in [0.4, 0.5) is 5.69 Å². The van der Waals surface area contributed by atoms with E-state index in [9.17, 15) is 8.42 Å². The molecule has 1 aromatic rings. The molecule has 0 bridgehead atoms. The Bertz CT molecular complexity index is 498. The number of nitrogens with zero attached hydrogens (tertiary/aromatic N) is 1. The highest BCUT2D eigenvalue weighted by atomic mass is 32.2. The monoisotopic (exact) mass is 299 g/mol. The molecule has 0 saturated carbocycles. The quantitative estimate of drug-likeness (QED) is 0.766. The summed E-state index contributed by atoms with van der Waals surface area (Å²) in [6, 6.07) is 7.45. The van der Waals surface area contributed by atoms with Gasteiger partial charge >= 0.3 is 10.2 Å². The molecule has 114 valence electrons. The van der Waals surface area contributed by atoms with Crippen LogP contribution in [0.5, 0.6) is 0 Å². The van der Waals surface area contributed by atoms with E-state index in [1.807, 2.05) is 45.0 Å². The van der Waals surface area contributed by atoms with Crippen molar-refractivity contribution in [2.45, 2.75) is 27.2 Å². The lowest BCUT2D eigenvalue weighted by molar-refractivity contribution is 0.554. The summed E-state index contributed by atoms with van der Waals surface area (Å²) >= 11 is 0. The van der Waals surface area contributed by atoms with Crippen LogP contribution in [0.3, 0.4) is 0 Å². The Morgan fingerprint density at radius 3 is 2.35 bits per heavy atom. The van der Waals surface area contributed by atoms with Crippen molar-refractivity contribution in [1.29, 1.82) is 0 Å². The van der Waals surface area contributed by atoms with Gasteiger partial charge in [-0.1, -0.05) is 31.5 Å². The molecule has 0 amide bonds. The third kappa shape index (κ3) is 5.11. The number of hydrogen-bond donors (Lipinski definition) is 2. The van der Waals surface area contributed by atoms with Crippen LogP contribution in [0.2, 0.25) is 0 Å². The highest BCUT2D eigenvalue weighted by molar-refractivity contribution is 7.90. The van der Waals surface area contributed by atoms with Crippen molar-refractivity contribution in [1.82, 2.24) is 4.72 Å². The van der Waals surface area contributed by atoms with Gasteiger partial charge in [-0.15, -0.1) is 0 Å². The van der Waals surface area contributed by atoms with Gasteiger partial charge in [0.25, 0.3) is 0 Å². The molecule has 0 spiro atoms. The minimum atomic E-state index is -3.53. The summed E-state index contributed by atoms with van der Waals surface area (Å²) in [5.74, 6) is 0.263. The van der Waals surface area contributed by atoms with Crippen LogP contribution >= 0.6 is 0 Å². The molecule has 0 atom stereocenters. The number of aryl methyl sites for hydroxylation is 1. The van der Waals surface area contributed by atoms with Crippen LogP contribution in [0.1, 0.15) is 25.8 Å². The van der Waals surface area contributed by atoms with Gasteiger partial charge < -0.3 is 5.73 Å². The Morgan fingerprint density at radius 1 is 1.25 bits per heavy atom. The summed E-state index contributed by atoms with van der Waals surface area (Å²) in [5, 5.41) is 0. The van der Waals surface area contributed by atoms with Gasteiger partial charge in [0.1, 0.15) is 0 Å². The zero-order chi connectivity index (χ0) is 15.2. The molecule has 0 unspecified atom stereocenters. The number of rotatable bonds is 8. The van der Waals surface area contributed by atoms with Crippen molar-refractivity contribution in [2.75, 3.05) is 23.9 Å². The first-order chi connectivity index (χ1) is 9.36. The van der Waals surface area contributed by atoms with Crippen LogP contribution in [-0.4, -0.2) is 28.1 Å². The predicted molar refractivity (Wildman–Crippen MR) is 84.0 cm³/mol. The maximum Gasteiger partial charge on any atom is 0.301 e. The molecule has 0 heterocycles. The second-order valence-electron chi connectivity index (χ2n) is 5.30. The molecule has 5 nitrogen and oxygen atoms in total. The van der Waals surface area contributed by atoms with E-state index in [0.717, 1.165) is 5.56 Å². The Balaban J connectivity index is 2.96. The second-order valence-corrected chi connectivity index (χ2v) is 6.98. The maximum atomic E-state index is 12.4. The highest BCUT2D eigenvalue weighted by Gasteiger charge is 2.21. The van der Waals surface area contributed by atoms with E-state index in [2.05, 4.69) is 4.72 Å². The van der Waals surface area contributed by atoms with Gasteiger partial charge in [-0.25, -0.2) is 0 Å². The maximum absolute atomic E-state index is 12.4. The van der Waals surface area contributed by atoms with Gasteiger partial charge in [0.05, 0.1) is 5.69 Å². The molecule has 0 aliphatic rings. The van der Waals surface area contributed by atoms with E-state index < -0.39 is 10.2 Å². The zero-order valence-electron chi connectivity index (χ0n) is 12.5. The zero-order valence-corrected chi connectivity index (χ0v) is 13.3. The molecule has 0 radical (unpaired) electrons. The first-order valence-electron chi connectivity index (χ1n) is 6.91. The van der Waals surface area contributed by atoms with Gasteiger partial charge in [0, 0.05) is 13.1 Å². The second kappa shape index (κ2) is 7.61. The van der Waals surface area contributed by atoms with Crippen LogP contribution in [-0.2, 0) is 10.2 Å². The molecular weight excluding hydrogens is 274 g/mol. The Labute approximate surface area is 122 Å². The summed E-state index contributed by atoms with van der Waals surface area (Å²) in [4.78, 5) is 0. The number of nitrogens with one attached hydrogen (secondary N) is 1. The van der Waals surface area contributed by atoms with E-state index in [4.69, 9.17) is 5.73 Å². The number of anilines is 1. The molecule has 0 aromatic heterocycles. The molecule has 0 saturated heterocycles. The van der Waals surface area contributed by atoms with E-state index >= 15 is 0 Å². The lowest BCUT2D eigenvalue weighted by Crippen LogP contribution is -2.43. The van der Waals surface area contributed by atoms with Crippen LogP contribution in [0.15, 0.2) is 24.3 Å². The van der Waals surface area contributed by atoms with Crippen LogP contribution < -0.4 is 14.8 Å². The van der Waals surface area contributed by atoms with E-state index in [1.165, 1.54) is 4.31 Å². The number of nitrogens with two attached hydrogens (primary N) is 1. The summed E-state index contributed by atoms with van der Waals surface area (Å²) in [7, 11) is -3.53. The van der Waals surface area contributed by atoms with Crippen molar-refractivity contribution in [2.24, 2.45) is 11.7 Å². The van der Waals surface area contributed by atoms with E-state index in [0.29, 0.717) is 31.7 Å². The van der Waals surface area contributed by atoms with Crippen molar-refractivity contribution in [3.63, 3.8) is 0 Å². The third-order valence-corrected chi connectivity index (χ3v) is 4.36. The SMILES string of the molecule is Cc1ccc(N(CCCN)S(=O)(=O)NCC(C)C)cc1. The minimum Gasteiger partial charge on any atom is -0.330 e. The number of hydrogen-bond acceptors (Lipinski definition) is 3. The minimum absolute atomic E-state index is 0.263. The average Bonchev–Trinajstić information content (AvgIpc) is 2.39. The third-order valence-electron chi connectivity index (χ3n) is 2.85. The van der Waals surface area contributed by atoms with Crippen LogP contribution in [0, 0.1) is 12.8 Å². The molecule has 3 N–H and O–H groups in total. The van der Waals surface area contributed by atoms with Crippen molar-refractivity contribution in [3.8, 4) is 0 Å². The highest BCUT2D eigenvalue weighted by Crippen LogP contribution is 2.18. The summed E-state index contributed by atoms with van der Waals surface area (Å²) in [6.45, 7) is 7.18. The molecule has 20 heavy (non-hydrogen) atoms. The standard InChI is InChI=1S/C14H25N3O2S/c1-12(2)11-16-20(18,19)17(10-4-9-15)14-7-5-13(3)6-8-14/h5-8,12,16H,4,9-11,15H2,1-3H3. The van der Waals surface area contributed by atoms with Gasteiger partial charge in [0.15, 0.2) is 0 Å². The molecule has 1 aromatic carbocycles. The summed E-state index contributed by atoms with van der Waals surface area (Å²) in [5.41, 5.74) is 7.27. The first-order valence-corrected chi connectivity index (χ1v) is 8.35. The molecule has 0 aliphatic carbocycles. The van der Waals surface area contributed by atoms with Gasteiger partial charge in [-0.3, -0.25) is 4.31 Å². The first kappa shape index (κ1) is 16.9. The Morgan fingerprint density at radius 2 is 1.85 bits per heavy atom. The molecule has 0 fully saturated rings. The van der Waals surface area contributed by atoms with E-state index in [1.54, 1.807) is 0 Å². The predicted octanol–water partition coefficient (Wildman–Crippen LogP) is 1.64. The van der Waals surface area contributed by atoms with Crippen LogP contribution in [0.25, 0.3) is 0 Å². The van der Waals surface area contributed by atoms with Crippen molar-refractivity contribution in [3.05, 3.63) is 29.8 Å². The van der Waals surface area contributed by atoms with E-state index in [-0.39, 0.29) is 5.92 Å². The Kier molecular flexibility index (Phi) is 6.45. The smallest absolute Gasteiger partial charge is 0.301 e. The largest absolute Gasteiger partial charge is 0.330 e. The molecule has 6 heteroatoms. The van der Waals surface area contributed by atoms with Gasteiger partial charge in [-0.05, 0) is 37.9 Å². The fourth-order valence-corrected chi connectivity index (χ4v) is 3.15. The fraction of sp³-hybridized carbons (Fsp3) is 0.571. The lowest BCUT2D eigenvalue weighted by Gasteiger charge is -2.25. The molecular formula is C14H25N3O2S. The molecule has 0 aliphatic heterocycles.